The van der Waals surface area contributed by atoms with E-state index >= 15 is 0 Å². The maximum Gasteiger partial charge on any atom is 0.116 e. The molecule has 3 aromatic rings. The van der Waals surface area contributed by atoms with Crippen molar-refractivity contribution in [2.75, 3.05) is 0 Å². The molecule has 204 valence electrons. The SMILES string of the molecule is C.CC.CC.CC.CC.CCCCC(C)C.CCCc1ccccc1.c1ccc2ncncc2c1. The Morgan fingerprint density at radius 3 is 1.63 bits per heavy atom. The molecule has 2 heteroatoms. The lowest BCUT2D eigenvalue weighted by Crippen LogP contribution is -1.83. The van der Waals surface area contributed by atoms with Crippen LogP contribution >= 0.6 is 0 Å². The van der Waals surface area contributed by atoms with Gasteiger partial charge in [-0.1, -0.05) is 165 Å². The van der Waals surface area contributed by atoms with Gasteiger partial charge >= 0.3 is 0 Å². The Hall–Kier alpha value is -2.22. The third kappa shape index (κ3) is 29.7. The normalized spacial score (nSPS) is 8.03. The molecule has 2 aromatic carbocycles. The topological polar surface area (TPSA) is 25.8 Å². The van der Waals surface area contributed by atoms with Crippen LogP contribution in [0.2, 0.25) is 0 Å². The maximum atomic E-state index is 4.07. The van der Waals surface area contributed by atoms with Gasteiger partial charge in [0, 0.05) is 11.6 Å². The van der Waals surface area contributed by atoms with Crippen LogP contribution in [0.25, 0.3) is 10.9 Å². The number of aryl methyl sites for hydroxylation is 1. The van der Waals surface area contributed by atoms with E-state index in [4.69, 9.17) is 0 Å². The Morgan fingerprint density at radius 2 is 1.20 bits per heavy atom. The smallest absolute Gasteiger partial charge is 0.116 e. The molecule has 1 aromatic heterocycles. The lowest BCUT2D eigenvalue weighted by atomic mass is 10.1. The summed E-state index contributed by atoms with van der Waals surface area (Å²) in [5.74, 6) is 0.903. The summed E-state index contributed by atoms with van der Waals surface area (Å²) in [6.07, 6.45) is 9.96. The van der Waals surface area contributed by atoms with Crippen molar-refractivity contribution in [3.05, 3.63) is 72.7 Å². The Morgan fingerprint density at radius 1 is 0.686 bits per heavy atom. The number of hydrogen-bond acceptors (Lipinski definition) is 2. The standard InChI is InChI=1S/C9H12.C8H6N2.C7H16.4C2H6.CH4/c1-2-6-9-7-4-3-5-8-9;1-2-4-8-7(3-1)5-9-6-10-8;1-4-5-6-7(2)3;4*1-2;/h3-5,7-8H,2,6H2,1H3;1-6H;7H,4-6H2,1-3H3;4*1-2H3;1H4. The fraction of sp³-hybridized carbons (Fsp3) is 0.576. The molecular formula is C33H62N2. The highest BCUT2D eigenvalue weighted by molar-refractivity contribution is 5.76. The summed E-state index contributed by atoms with van der Waals surface area (Å²) >= 11 is 0. The van der Waals surface area contributed by atoms with Crippen molar-refractivity contribution in [1.29, 1.82) is 0 Å². The predicted octanol–water partition coefficient (Wildman–Crippen LogP) is 11.8. The molecule has 0 saturated carbocycles. The minimum absolute atomic E-state index is 0. The molecule has 0 fully saturated rings. The average Bonchev–Trinajstić information content (AvgIpc) is 2.93. The average molecular weight is 487 g/mol. The second-order valence-electron chi connectivity index (χ2n) is 6.85. The Bertz CT molecular complexity index is 628. The van der Waals surface area contributed by atoms with Crippen molar-refractivity contribution < 1.29 is 0 Å². The molecule has 0 aliphatic rings. The van der Waals surface area contributed by atoms with E-state index in [0.29, 0.717) is 0 Å². The summed E-state index contributed by atoms with van der Waals surface area (Å²) in [5.41, 5.74) is 2.44. The van der Waals surface area contributed by atoms with E-state index in [-0.39, 0.29) is 7.43 Å². The highest BCUT2D eigenvalue weighted by atomic mass is 14.8. The van der Waals surface area contributed by atoms with E-state index in [9.17, 15) is 0 Å². The highest BCUT2D eigenvalue weighted by Gasteiger charge is 1.89. The fourth-order valence-corrected chi connectivity index (χ4v) is 2.47. The zero-order valence-electron chi connectivity index (χ0n) is 24.9. The molecule has 0 N–H and O–H groups in total. The lowest BCUT2D eigenvalue weighted by Gasteiger charge is -1.98. The number of fused-ring (bicyclic) bond motifs is 1. The van der Waals surface area contributed by atoms with Crippen molar-refractivity contribution in [3.8, 4) is 0 Å². The number of rotatable bonds is 5. The number of para-hydroxylation sites is 1. The molecule has 0 radical (unpaired) electrons. The Labute approximate surface area is 222 Å². The second kappa shape index (κ2) is 39.0. The van der Waals surface area contributed by atoms with E-state index in [1.165, 1.54) is 37.7 Å². The molecule has 3 rings (SSSR count). The van der Waals surface area contributed by atoms with Crippen LogP contribution in [0.5, 0.6) is 0 Å². The summed E-state index contributed by atoms with van der Waals surface area (Å²) in [6, 6.07) is 18.5. The third-order valence-electron chi connectivity index (χ3n) is 3.93. The van der Waals surface area contributed by atoms with Crippen LogP contribution in [0.15, 0.2) is 67.1 Å². The van der Waals surface area contributed by atoms with Crippen LogP contribution in [0.4, 0.5) is 0 Å². The minimum atomic E-state index is 0. The molecule has 0 aliphatic carbocycles. The molecule has 0 saturated heterocycles. The zero-order valence-corrected chi connectivity index (χ0v) is 24.9. The van der Waals surface area contributed by atoms with Crippen molar-refractivity contribution >= 4 is 10.9 Å². The first-order valence-electron chi connectivity index (χ1n) is 13.9. The van der Waals surface area contributed by atoms with Gasteiger partial charge < -0.3 is 0 Å². The highest BCUT2D eigenvalue weighted by Crippen LogP contribution is 2.06. The van der Waals surface area contributed by atoms with Crippen molar-refractivity contribution in [2.45, 2.75) is 123 Å². The van der Waals surface area contributed by atoms with Crippen LogP contribution in [-0.2, 0) is 6.42 Å². The van der Waals surface area contributed by atoms with Crippen molar-refractivity contribution in [3.63, 3.8) is 0 Å². The first-order chi connectivity index (χ1) is 16.7. The first-order valence-corrected chi connectivity index (χ1v) is 13.9. The van der Waals surface area contributed by atoms with Crippen LogP contribution in [-0.4, -0.2) is 9.97 Å². The fourth-order valence-electron chi connectivity index (χ4n) is 2.47. The van der Waals surface area contributed by atoms with Gasteiger partial charge in [-0.25, -0.2) is 9.97 Å². The first kappa shape index (κ1) is 42.9. The molecule has 35 heavy (non-hydrogen) atoms. The van der Waals surface area contributed by atoms with E-state index in [0.717, 1.165) is 16.8 Å². The van der Waals surface area contributed by atoms with E-state index in [2.05, 4.69) is 68.0 Å². The number of benzene rings is 2. The Kier molecular flexibility index (Phi) is 47.8. The quantitative estimate of drug-likeness (QED) is 0.358. The molecule has 0 unspecified atom stereocenters. The third-order valence-corrected chi connectivity index (χ3v) is 3.93. The number of nitrogens with zero attached hydrogens (tertiary/aromatic N) is 2. The van der Waals surface area contributed by atoms with Crippen LogP contribution in [0.1, 0.15) is 122 Å². The molecule has 0 spiro atoms. The van der Waals surface area contributed by atoms with Crippen LogP contribution in [0.3, 0.4) is 0 Å². The van der Waals surface area contributed by atoms with Crippen LogP contribution in [0, 0.1) is 5.92 Å². The van der Waals surface area contributed by atoms with Gasteiger partial charge in [-0.3, -0.25) is 0 Å². The summed E-state index contributed by atoms with van der Waals surface area (Å²) < 4.78 is 0. The minimum Gasteiger partial charge on any atom is -0.244 e. The summed E-state index contributed by atoms with van der Waals surface area (Å²) in [4.78, 5) is 7.97. The number of hydrogen-bond donors (Lipinski definition) is 0. The molecule has 1 heterocycles. The van der Waals surface area contributed by atoms with Crippen molar-refractivity contribution in [2.24, 2.45) is 5.92 Å². The van der Waals surface area contributed by atoms with Gasteiger partial charge in [0.1, 0.15) is 6.33 Å². The largest absolute Gasteiger partial charge is 0.244 e. The van der Waals surface area contributed by atoms with Crippen LogP contribution < -0.4 is 0 Å². The predicted molar refractivity (Wildman–Crippen MR) is 166 cm³/mol. The van der Waals surface area contributed by atoms with E-state index < -0.39 is 0 Å². The molecule has 0 atom stereocenters. The summed E-state index contributed by atoms with van der Waals surface area (Å²) in [5, 5.41) is 1.09. The zero-order chi connectivity index (χ0) is 27.0. The molecule has 0 amide bonds. The maximum absolute atomic E-state index is 4.07. The van der Waals surface area contributed by atoms with Gasteiger partial charge in [0.05, 0.1) is 5.52 Å². The van der Waals surface area contributed by atoms with Gasteiger partial charge in [0.25, 0.3) is 0 Å². The number of aromatic nitrogens is 2. The van der Waals surface area contributed by atoms with Gasteiger partial charge in [-0.05, 0) is 24.0 Å². The number of unbranched alkanes of at least 4 members (excludes halogenated alkanes) is 1. The van der Waals surface area contributed by atoms with Gasteiger partial charge in [0.15, 0.2) is 0 Å². The van der Waals surface area contributed by atoms with E-state index in [1.54, 1.807) is 6.33 Å². The summed E-state index contributed by atoms with van der Waals surface area (Å²) in [7, 11) is 0. The molecular weight excluding hydrogens is 424 g/mol. The lowest BCUT2D eigenvalue weighted by molar-refractivity contribution is 0.550. The van der Waals surface area contributed by atoms with E-state index in [1.807, 2.05) is 85.9 Å². The molecule has 2 nitrogen and oxygen atoms in total. The monoisotopic (exact) mass is 486 g/mol. The molecule has 0 aliphatic heterocycles. The Balaban J connectivity index is -0.000000112. The summed E-state index contributed by atoms with van der Waals surface area (Å²) in [6.45, 7) is 25.0. The van der Waals surface area contributed by atoms with Gasteiger partial charge in [-0.2, -0.15) is 0 Å². The second-order valence-corrected chi connectivity index (χ2v) is 6.85. The van der Waals surface area contributed by atoms with Gasteiger partial charge in [-0.15, -0.1) is 0 Å². The molecule has 0 bridgehead atoms. The van der Waals surface area contributed by atoms with Crippen molar-refractivity contribution in [1.82, 2.24) is 9.97 Å². The van der Waals surface area contributed by atoms with Gasteiger partial charge in [0.2, 0.25) is 0 Å².